The first-order valence-electron chi connectivity index (χ1n) is 7.98. The van der Waals surface area contributed by atoms with E-state index < -0.39 is 0 Å². The van der Waals surface area contributed by atoms with Gasteiger partial charge in [0.2, 0.25) is 5.91 Å². The van der Waals surface area contributed by atoms with Gasteiger partial charge < -0.3 is 5.32 Å². The maximum Gasteiger partial charge on any atom is 0.225 e. The van der Waals surface area contributed by atoms with Crippen LogP contribution in [0.1, 0.15) is 44.4 Å². The molecule has 2 rings (SSSR count). The summed E-state index contributed by atoms with van der Waals surface area (Å²) in [4.78, 5) is 12.1. The van der Waals surface area contributed by atoms with Crippen LogP contribution in [0.4, 0.5) is 0 Å². The number of carbonyl (C=O) groups is 1. The van der Waals surface area contributed by atoms with Crippen LogP contribution >= 0.6 is 0 Å². The maximum atomic E-state index is 12.1. The Kier molecular flexibility index (Phi) is 5.38. The molecule has 120 valence electrons. The maximum absolute atomic E-state index is 12.1. The van der Waals surface area contributed by atoms with Crippen molar-refractivity contribution < 1.29 is 4.79 Å². The van der Waals surface area contributed by atoms with Crippen LogP contribution < -0.4 is 5.32 Å². The molecule has 0 radical (unpaired) electrons. The Morgan fingerprint density at radius 3 is 2.26 bits per heavy atom. The molecule has 0 bridgehead atoms. The molecule has 0 heterocycles. The van der Waals surface area contributed by atoms with Crippen molar-refractivity contribution in [1.29, 1.82) is 0 Å². The minimum atomic E-state index is -0.370. The van der Waals surface area contributed by atoms with Crippen molar-refractivity contribution in [3.05, 3.63) is 71.3 Å². The summed E-state index contributed by atoms with van der Waals surface area (Å²) in [6, 6.07) is 18.5. The summed E-state index contributed by atoms with van der Waals surface area (Å²) in [7, 11) is 0. The number of hydrogen-bond donors (Lipinski definition) is 1. The van der Waals surface area contributed by atoms with Crippen molar-refractivity contribution in [3.63, 3.8) is 0 Å². The molecule has 0 saturated carbocycles. The molecule has 0 aliphatic carbocycles. The van der Waals surface area contributed by atoms with E-state index in [4.69, 9.17) is 0 Å². The third-order valence-electron chi connectivity index (χ3n) is 3.78. The smallest absolute Gasteiger partial charge is 0.225 e. The van der Waals surface area contributed by atoms with Gasteiger partial charge in [-0.3, -0.25) is 4.79 Å². The van der Waals surface area contributed by atoms with Crippen molar-refractivity contribution >= 4 is 17.6 Å². The third-order valence-corrected chi connectivity index (χ3v) is 3.78. The fourth-order valence-corrected chi connectivity index (χ4v) is 2.29. The van der Waals surface area contributed by atoms with Gasteiger partial charge in [0.1, 0.15) is 0 Å². The molecule has 1 N–H and O–H groups in total. The fourth-order valence-electron chi connectivity index (χ4n) is 2.29. The van der Waals surface area contributed by atoms with Crippen LogP contribution in [0.2, 0.25) is 0 Å². The Labute approximate surface area is 139 Å². The molecule has 0 fully saturated rings. The normalized spacial score (nSPS) is 12.1. The molecule has 23 heavy (non-hydrogen) atoms. The molecular formula is C21H25NO. The van der Waals surface area contributed by atoms with E-state index in [0.29, 0.717) is 6.54 Å². The van der Waals surface area contributed by atoms with Crippen LogP contribution in [0.3, 0.4) is 0 Å². The van der Waals surface area contributed by atoms with Gasteiger partial charge in [0.05, 0.1) is 0 Å². The van der Waals surface area contributed by atoms with Crippen molar-refractivity contribution in [2.45, 2.75) is 34.2 Å². The van der Waals surface area contributed by atoms with Gasteiger partial charge in [0.25, 0.3) is 0 Å². The highest BCUT2D eigenvalue weighted by Gasteiger charge is 2.20. The van der Waals surface area contributed by atoms with E-state index in [9.17, 15) is 4.79 Å². The Hall–Kier alpha value is -2.35. The van der Waals surface area contributed by atoms with Gasteiger partial charge in [-0.25, -0.2) is 0 Å². The van der Waals surface area contributed by atoms with E-state index in [-0.39, 0.29) is 11.3 Å². The molecule has 0 unspecified atom stereocenters. The lowest BCUT2D eigenvalue weighted by Gasteiger charge is -2.18. The first kappa shape index (κ1) is 17.0. The molecule has 2 aromatic rings. The molecule has 2 heteroatoms. The zero-order valence-electron chi connectivity index (χ0n) is 14.4. The van der Waals surface area contributed by atoms with E-state index in [1.54, 1.807) is 0 Å². The summed E-state index contributed by atoms with van der Waals surface area (Å²) in [6.45, 7) is 8.43. The predicted molar refractivity (Wildman–Crippen MR) is 97.7 cm³/mol. The second kappa shape index (κ2) is 7.28. The number of carbonyl (C=O) groups excluding carboxylic acids is 1. The zero-order chi connectivity index (χ0) is 16.9. The van der Waals surface area contributed by atoms with E-state index in [0.717, 1.165) is 11.1 Å². The Morgan fingerprint density at radius 1 is 1.00 bits per heavy atom. The van der Waals surface area contributed by atoms with E-state index in [2.05, 4.69) is 42.6 Å². The largest absolute Gasteiger partial charge is 0.352 e. The molecule has 0 aliphatic heterocycles. The number of rotatable bonds is 4. The summed E-state index contributed by atoms with van der Waals surface area (Å²) < 4.78 is 0. The summed E-state index contributed by atoms with van der Waals surface area (Å²) in [6.07, 6.45) is 2.17. The van der Waals surface area contributed by atoms with Gasteiger partial charge in [0.15, 0.2) is 0 Å². The topological polar surface area (TPSA) is 29.1 Å². The minimum Gasteiger partial charge on any atom is -0.352 e. The van der Waals surface area contributed by atoms with Crippen LogP contribution in [0, 0.1) is 5.41 Å². The molecular weight excluding hydrogens is 282 g/mol. The highest BCUT2D eigenvalue weighted by Crippen LogP contribution is 2.20. The van der Waals surface area contributed by atoms with Gasteiger partial charge in [-0.15, -0.1) is 0 Å². The van der Waals surface area contributed by atoms with Crippen molar-refractivity contribution in [1.82, 2.24) is 5.32 Å². The number of benzene rings is 2. The van der Waals surface area contributed by atoms with Crippen molar-refractivity contribution in [2.24, 2.45) is 5.41 Å². The number of amides is 1. The number of allylic oxidation sites excluding steroid dienone is 1. The first-order valence-corrected chi connectivity index (χ1v) is 7.98. The lowest BCUT2D eigenvalue weighted by Crippen LogP contribution is -2.34. The molecule has 0 atom stereocenters. The SMILES string of the molecule is C/C(=C\c1ccccc1CNC(=O)C(C)(C)C)c1ccccc1. The van der Waals surface area contributed by atoms with Gasteiger partial charge in [-0.2, -0.15) is 0 Å². The van der Waals surface area contributed by atoms with Gasteiger partial charge >= 0.3 is 0 Å². The standard InChI is InChI=1S/C21H25NO/c1-16(17-10-6-5-7-11-17)14-18-12-8-9-13-19(18)15-22-20(23)21(2,3)4/h5-14H,15H2,1-4H3,(H,22,23)/b16-14+. The molecule has 2 aromatic carbocycles. The Morgan fingerprint density at radius 2 is 1.61 bits per heavy atom. The lowest BCUT2D eigenvalue weighted by molar-refractivity contribution is -0.128. The van der Waals surface area contributed by atoms with Gasteiger partial charge in [-0.1, -0.05) is 81.4 Å². The van der Waals surface area contributed by atoms with Crippen LogP contribution in [0.25, 0.3) is 11.6 Å². The molecule has 0 saturated heterocycles. The fraction of sp³-hybridized carbons (Fsp3) is 0.286. The molecule has 0 aliphatic rings. The highest BCUT2D eigenvalue weighted by molar-refractivity contribution is 5.82. The van der Waals surface area contributed by atoms with Crippen LogP contribution in [-0.4, -0.2) is 5.91 Å². The van der Waals surface area contributed by atoms with Crippen molar-refractivity contribution in [3.8, 4) is 0 Å². The highest BCUT2D eigenvalue weighted by atomic mass is 16.2. The summed E-state index contributed by atoms with van der Waals surface area (Å²) in [5.74, 6) is 0.0658. The van der Waals surface area contributed by atoms with Gasteiger partial charge in [0, 0.05) is 12.0 Å². The Bertz CT molecular complexity index is 693. The van der Waals surface area contributed by atoms with Crippen LogP contribution in [0.5, 0.6) is 0 Å². The summed E-state index contributed by atoms with van der Waals surface area (Å²) >= 11 is 0. The number of nitrogens with one attached hydrogen (secondary N) is 1. The van der Waals surface area contributed by atoms with Crippen molar-refractivity contribution in [2.75, 3.05) is 0 Å². The monoisotopic (exact) mass is 307 g/mol. The minimum absolute atomic E-state index is 0.0658. The average Bonchev–Trinajstić information content (AvgIpc) is 2.53. The van der Waals surface area contributed by atoms with E-state index in [1.165, 1.54) is 11.1 Å². The molecule has 0 spiro atoms. The average molecular weight is 307 g/mol. The van der Waals surface area contributed by atoms with E-state index >= 15 is 0 Å². The molecule has 2 nitrogen and oxygen atoms in total. The first-order chi connectivity index (χ1) is 10.9. The zero-order valence-corrected chi connectivity index (χ0v) is 14.4. The second-order valence-corrected chi connectivity index (χ2v) is 6.82. The Balaban J connectivity index is 2.20. The molecule has 0 aromatic heterocycles. The second-order valence-electron chi connectivity index (χ2n) is 6.82. The lowest BCUT2D eigenvalue weighted by atomic mass is 9.95. The van der Waals surface area contributed by atoms with E-state index in [1.807, 2.05) is 51.1 Å². The van der Waals surface area contributed by atoms with Crippen LogP contribution in [0.15, 0.2) is 54.6 Å². The summed E-state index contributed by atoms with van der Waals surface area (Å²) in [5.41, 5.74) is 4.31. The molecule has 1 amide bonds. The van der Waals surface area contributed by atoms with Gasteiger partial charge in [-0.05, 0) is 29.2 Å². The number of hydrogen-bond acceptors (Lipinski definition) is 1. The predicted octanol–water partition coefficient (Wildman–Crippen LogP) is 4.91. The summed E-state index contributed by atoms with van der Waals surface area (Å²) in [5, 5.41) is 3.02. The third kappa shape index (κ3) is 4.82. The van der Waals surface area contributed by atoms with Crippen LogP contribution in [-0.2, 0) is 11.3 Å². The quantitative estimate of drug-likeness (QED) is 0.799.